The topological polar surface area (TPSA) is 32.8 Å². The van der Waals surface area contributed by atoms with Gasteiger partial charge in [0.25, 0.3) is 0 Å². The number of carbonyl (C=O) groups excluding carboxylic acids is 1. The summed E-state index contributed by atoms with van der Waals surface area (Å²) in [6.45, 7) is 7.18. The molecule has 2 atom stereocenters. The van der Waals surface area contributed by atoms with Gasteiger partial charge in [0.2, 0.25) is 0 Å². The first-order valence-electron chi connectivity index (χ1n) is 7.69. The van der Waals surface area contributed by atoms with Gasteiger partial charge in [0.05, 0.1) is 13.2 Å². The molecule has 1 aliphatic heterocycles. The van der Waals surface area contributed by atoms with Gasteiger partial charge in [-0.05, 0) is 44.7 Å². The summed E-state index contributed by atoms with van der Waals surface area (Å²) in [5.74, 6) is 0.974. The lowest BCUT2D eigenvalue weighted by Gasteiger charge is -2.41. The largest absolute Gasteiger partial charge is 0.497 e. The van der Waals surface area contributed by atoms with E-state index in [4.69, 9.17) is 4.74 Å². The van der Waals surface area contributed by atoms with Gasteiger partial charge in [-0.2, -0.15) is 0 Å². The Morgan fingerprint density at radius 1 is 1.33 bits per heavy atom. The van der Waals surface area contributed by atoms with Gasteiger partial charge in [-0.1, -0.05) is 6.92 Å². The molecule has 1 saturated heterocycles. The van der Waals surface area contributed by atoms with Crippen LogP contribution in [-0.2, 0) is 0 Å². The number of ketones is 1. The van der Waals surface area contributed by atoms with Crippen LogP contribution in [0.1, 0.15) is 30.6 Å². The number of ether oxygens (including phenoxy) is 1. The van der Waals surface area contributed by atoms with Gasteiger partial charge in [-0.15, -0.1) is 0 Å². The van der Waals surface area contributed by atoms with E-state index < -0.39 is 0 Å². The van der Waals surface area contributed by atoms with Crippen molar-refractivity contribution in [3.63, 3.8) is 0 Å². The lowest BCUT2D eigenvalue weighted by molar-refractivity contribution is 0.0553. The highest BCUT2D eigenvalue weighted by Crippen LogP contribution is 2.18. The Kier molecular flexibility index (Phi) is 5.37. The standard InChI is InChI=1S/C17H26N2O2/c1-5-15-12-19(11-10-18(15)3)13(2)17(20)14-6-8-16(21-4)9-7-14/h6-9,13,15H,5,10-12H2,1-4H3. The lowest BCUT2D eigenvalue weighted by Crippen LogP contribution is -2.55. The minimum atomic E-state index is -0.0684. The lowest BCUT2D eigenvalue weighted by atomic mass is 10.0. The molecule has 4 heteroatoms. The van der Waals surface area contributed by atoms with E-state index in [2.05, 4.69) is 23.8 Å². The van der Waals surface area contributed by atoms with Crippen LogP contribution >= 0.6 is 0 Å². The van der Waals surface area contributed by atoms with Crippen LogP contribution in [0.25, 0.3) is 0 Å². The summed E-state index contributed by atoms with van der Waals surface area (Å²) < 4.78 is 5.14. The zero-order valence-corrected chi connectivity index (χ0v) is 13.5. The predicted octanol–water partition coefficient (Wildman–Crippen LogP) is 2.29. The molecule has 0 aromatic heterocycles. The zero-order valence-electron chi connectivity index (χ0n) is 13.5. The molecule has 1 fully saturated rings. The van der Waals surface area contributed by atoms with Crippen LogP contribution in [0, 0.1) is 0 Å². The van der Waals surface area contributed by atoms with Crippen LogP contribution in [0.3, 0.4) is 0 Å². The number of rotatable bonds is 5. The first-order chi connectivity index (χ1) is 10.1. The molecular formula is C17H26N2O2. The highest BCUT2D eigenvalue weighted by atomic mass is 16.5. The fourth-order valence-electron chi connectivity index (χ4n) is 2.92. The van der Waals surface area contributed by atoms with Crippen molar-refractivity contribution in [1.82, 2.24) is 9.80 Å². The van der Waals surface area contributed by atoms with Crippen molar-refractivity contribution >= 4 is 5.78 Å². The van der Waals surface area contributed by atoms with Gasteiger partial charge in [-0.3, -0.25) is 9.69 Å². The number of benzene rings is 1. The van der Waals surface area contributed by atoms with Crippen LogP contribution in [0.15, 0.2) is 24.3 Å². The summed E-state index contributed by atoms with van der Waals surface area (Å²) >= 11 is 0. The second-order valence-corrected chi connectivity index (χ2v) is 5.81. The molecule has 2 unspecified atom stereocenters. The minimum absolute atomic E-state index is 0.0684. The van der Waals surface area contributed by atoms with E-state index in [1.807, 2.05) is 31.2 Å². The first kappa shape index (κ1) is 16.0. The fourth-order valence-corrected chi connectivity index (χ4v) is 2.92. The van der Waals surface area contributed by atoms with Gasteiger partial charge < -0.3 is 9.64 Å². The molecular weight excluding hydrogens is 264 g/mol. The van der Waals surface area contributed by atoms with Crippen molar-refractivity contribution in [3.05, 3.63) is 29.8 Å². The monoisotopic (exact) mass is 290 g/mol. The van der Waals surface area contributed by atoms with Crippen molar-refractivity contribution in [3.8, 4) is 5.75 Å². The van der Waals surface area contributed by atoms with Crippen molar-refractivity contribution < 1.29 is 9.53 Å². The van der Waals surface area contributed by atoms with Gasteiger partial charge in [0, 0.05) is 31.2 Å². The van der Waals surface area contributed by atoms with Crippen LogP contribution in [0.5, 0.6) is 5.75 Å². The summed E-state index contributed by atoms with van der Waals surface area (Å²) in [6, 6.07) is 7.87. The van der Waals surface area contributed by atoms with Crippen molar-refractivity contribution in [1.29, 1.82) is 0 Å². The molecule has 0 N–H and O–H groups in total. The molecule has 4 nitrogen and oxygen atoms in total. The quantitative estimate of drug-likeness (QED) is 0.779. The molecule has 0 bridgehead atoms. The average molecular weight is 290 g/mol. The Morgan fingerprint density at radius 2 is 2.00 bits per heavy atom. The molecule has 2 rings (SSSR count). The predicted molar refractivity (Wildman–Crippen MR) is 85.1 cm³/mol. The molecule has 1 aromatic carbocycles. The molecule has 0 spiro atoms. The van der Waals surface area contributed by atoms with Gasteiger partial charge in [0.15, 0.2) is 5.78 Å². The molecule has 0 aliphatic carbocycles. The molecule has 0 amide bonds. The SMILES string of the molecule is CCC1CN(C(C)C(=O)c2ccc(OC)cc2)CCN1C. The van der Waals surface area contributed by atoms with Crippen LogP contribution in [-0.4, -0.2) is 61.5 Å². The molecule has 1 heterocycles. The van der Waals surface area contributed by atoms with E-state index in [-0.39, 0.29) is 11.8 Å². The third kappa shape index (κ3) is 3.63. The van der Waals surface area contributed by atoms with Crippen LogP contribution in [0.4, 0.5) is 0 Å². The maximum atomic E-state index is 12.6. The summed E-state index contributed by atoms with van der Waals surface area (Å²) in [5.41, 5.74) is 0.760. The summed E-state index contributed by atoms with van der Waals surface area (Å²) in [4.78, 5) is 17.3. The smallest absolute Gasteiger partial charge is 0.179 e. The molecule has 1 aromatic rings. The minimum Gasteiger partial charge on any atom is -0.497 e. The third-order valence-electron chi connectivity index (χ3n) is 4.58. The molecule has 1 aliphatic rings. The fraction of sp³-hybridized carbons (Fsp3) is 0.588. The van der Waals surface area contributed by atoms with E-state index in [1.54, 1.807) is 7.11 Å². The van der Waals surface area contributed by atoms with E-state index in [1.165, 1.54) is 0 Å². The number of methoxy groups -OCH3 is 1. The highest BCUT2D eigenvalue weighted by Gasteiger charge is 2.29. The molecule has 116 valence electrons. The number of hydrogen-bond donors (Lipinski definition) is 0. The van der Waals surface area contributed by atoms with Gasteiger partial charge in [-0.25, -0.2) is 0 Å². The highest BCUT2D eigenvalue weighted by molar-refractivity contribution is 5.99. The van der Waals surface area contributed by atoms with Crippen LogP contribution < -0.4 is 4.74 Å². The molecule has 0 saturated carbocycles. The Hall–Kier alpha value is -1.39. The first-order valence-corrected chi connectivity index (χ1v) is 7.69. The number of Topliss-reactive ketones (excluding diaryl/α,β-unsaturated/α-hetero) is 1. The normalized spacial score (nSPS) is 22.0. The Morgan fingerprint density at radius 3 is 2.57 bits per heavy atom. The Labute approximate surface area is 127 Å². The Balaban J connectivity index is 2.04. The summed E-state index contributed by atoms with van der Waals surface area (Å²) in [7, 11) is 3.80. The number of nitrogens with zero attached hydrogens (tertiary/aromatic N) is 2. The summed E-state index contributed by atoms with van der Waals surface area (Å²) in [6.07, 6.45) is 1.12. The van der Waals surface area contributed by atoms with E-state index >= 15 is 0 Å². The van der Waals surface area contributed by atoms with E-state index in [9.17, 15) is 4.79 Å². The van der Waals surface area contributed by atoms with E-state index in [0.29, 0.717) is 6.04 Å². The summed E-state index contributed by atoms with van der Waals surface area (Å²) in [5, 5.41) is 0. The average Bonchev–Trinajstić information content (AvgIpc) is 2.54. The third-order valence-corrected chi connectivity index (χ3v) is 4.58. The molecule has 21 heavy (non-hydrogen) atoms. The Bertz CT molecular complexity index is 472. The maximum absolute atomic E-state index is 12.6. The van der Waals surface area contributed by atoms with E-state index in [0.717, 1.165) is 37.4 Å². The maximum Gasteiger partial charge on any atom is 0.179 e. The molecule has 0 radical (unpaired) electrons. The second-order valence-electron chi connectivity index (χ2n) is 5.81. The van der Waals surface area contributed by atoms with Gasteiger partial charge in [0.1, 0.15) is 5.75 Å². The number of carbonyl (C=O) groups is 1. The number of likely N-dealkylation sites (N-methyl/N-ethyl adjacent to an activating group) is 1. The number of hydrogen-bond acceptors (Lipinski definition) is 4. The van der Waals surface area contributed by atoms with Gasteiger partial charge >= 0.3 is 0 Å². The van der Waals surface area contributed by atoms with Crippen molar-refractivity contribution in [2.75, 3.05) is 33.8 Å². The zero-order chi connectivity index (χ0) is 15.4. The van der Waals surface area contributed by atoms with Crippen molar-refractivity contribution in [2.45, 2.75) is 32.4 Å². The second kappa shape index (κ2) is 7.05. The number of piperazine rings is 1. The van der Waals surface area contributed by atoms with Crippen LogP contribution in [0.2, 0.25) is 0 Å². The van der Waals surface area contributed by atoms with Crippen molar-refractivity contribution in [2.24, 2.45) is 0 Å².